The van der Waals surface area contributed by atoms with E-state index in [4.69, 9.17) is 0 Å². The van der Waals surface area contributed by atoms with Gasteiger partial charge in [0.1, 0.15) is 5.54 Å². The van der Waals surface area contributed by atoms with Gasteiger partial charge in [0.15, 0.2) is 0 Å². The van der Waals surface area contributed by atoms with Crippen molar-refractivity contribution in [3.05, 3.63) is 29.3 Å². The van der Waals surface area contributed by atoms with Gasteiger partial charge in [-0.05, 0) is 57.2 Å². The molecule has 32 heavy (non-hydrogen) atoms. The molecule has 1 aromatic carbocycles. The molecule has 1 saturated carbocycles. The predicted octanol–water partition coefficient (Wildman–Crippen LogP) is 3.29. The zero-order chi connectivity index (χ0) is 23.5. The van der Waals surface area contributed by atoms with Gasteiger partial charge >= 0.3 is 0 Å². The van der Waals surface area contributed by atoms with Gasteiger partial charge in [0.2, 0.25) is 21.8 Å². The quantitative estimate of drug-likeness (QED) is 0.656. The van der Waals surface area contributed by atoms with Gasteiger partial charge < -0.3 is 5.32 Å². The van der Waals surface area contributed by atoms with Crippen molar-refractivity contribution in [3.8, 4) is 0 Å². The van der Waals surface area contributed by atoms with Crippen LogP contribution in [0.2, 0.25) is 0 Å². The van der Waals surface area contributed by atoms with Gasteiger partial charge in [0, 0.05) is 18.3 Å². The van der Waals surface area contributed by atoms with Crippen molar-refractivity contribution in [1.82, 2.24) is 9.62 Å². The molecule has 178 valence electrons. The number of anilines is 1. The number of rotatable bonds is 6. The normalized spacial score (nSPS) is 23.8. The summed E-state index contributed by atoms with van der Waals surface area (Å²) in [6.07, 6.45) is 6.75. The molecule has 1 N–H and O–H groups in total. The molecular formula is C24H37N3O4S. The Kier molecular flexibility index (Phi) is 7.65. The fourth-order valence-electron chi connectivity index (χ4n) is 4.85. The Morgan fingerprint density at radius 2 is 1.81 bits per heavy atom. The molecule has 0 bridgehead atoms. The van der Waals surface area contributed by atoms with E-state index < -0.39 is 15.6 Å². The lowest BCUT2D eigenvalue weighted by molar-refractivity contribution is -0.133. The first-order valence-electron chi connectivity index (χ1n) is 11.8. The van der Waals surface area contributed by atoms with Crippen molar-refractivity contribution in [2.75, 3.05) is 23.7 Å². The Labute approximate surface area is 192 Å². The number of benzene rings is 1. The monoisotopic (exact) mass is 463 g/mol. The fourth-order valence-corrected chi connectivity index (χ4v) is 6.38. The van der Waals surface area contributed by atoms with E-state index in [0.717, 1.165) is 36.8 Å². The smallest absolute Gasteiger partial charge is 0.247 e. The van der Waals surface area contributed by atoms with Crippen molar-refractivity contribution in [2.45, 2.75) is 84.2 Å². The highest BCUT2D eigenvalue weighted by molar-refractivity contribution is 7.89. The van der Waals surface area contributed by atoms with E-state index in [1.807, 2.05) is 32.0 Å². The van der Waals surface area contributed by atoms with Crippen LogP contribution in [0.3, 0.4) is 0 Å². The van der Waals surface area contributed by atoms with Gasteiger partial charge in [-0.2, -0.15) is 4.31 Å². The third-order valence-corrected chi connectivity index (χ3v) is 8.65. The molecule has 0 radical (unpaired) electrons. The van der Waals surface area contributed by atoms with Crippen LogP contribution in [0.4, 0.5) is 5.69 Å². The van der Waals surface area contributed by atoms with Crippen LogP contribution in [0.5, 0.6) is 0 Å². The Balaban J connectivity index is 2.01. The summed E-state index contributed by atoms with van der Waals surface area (Å²) >= 11 is 0. The van der Waals surface area contributed by atoms with Gasteiger partial charge in [-0.25, -0.2) is 8.42 Å². The highest BCUT2D eigenvalue weighted by Gasteiger charge is 2.51. The molecule has 2 aliphatic rings. The molecule has 1 aliphatic heterocycles. The van der Waals surface area contributed by atoms with Crippen LogP contribution in [0.15, 0.2) is 18.2 Å². The summed E-state index contributed by atoms with van der Waals surface area (Å²) < 4.78 is 26.9. The molecule has 1 heterocycles. The van der Waals surface area contributed by atoms with Crippen LogP contribution in [0.1, 0.15) is 69.9 Å². The third kappa shape index (κ3) is 5.17. The number of hydrogen-bond acceptors (Lipinski definition) is 4. The van der Waals surface area contributed by atoms with Gasteiger partial charge in [0.25, 0.3) is 0 Å². The molecule has 0 aromatic heterocycles. The SMILES string of the molecule is CCCS(=O)(=O)N1CC(=O)N(c2cc(C)ccc2C)[C@@](C)(C(=O)NC2CCCCCC2)C1. The molecule has 2 fully saturated rings. The average molecular weight is 464 g/mol. The number of carbonyl (C=O) groups is 2. The van der Waals surface area contributed by atoms with Crippen LogP contribution in [0.25, 0.3) is 0 Å². The Bertz CT molecular complexity index is 954. The minimum absolute atomic E-state index is 0.0376. The average Bonchev–Trinajstić information content (AvgIpc) is 2.98. The second kappa shape index (κ2) is 9.91. The van der Waals surface area contributed by atoms with E-state index in [1.54, 1.807) is 18.7 Å². The summed E-state index contributed by atoms with van der Waals surface area (Å²) in [5, 5.41) is 3.17. The molecular weight excluding hydrogens is 426 g/mol. The number of hydrogen-bond donors (Lipinski definition) is 1. The first-order chi connectivity index (χ1) is 15.1. The number of carbonyl (C=O) groups excluding carboxylic acids is 2. The number of nitrogens with zero attached hydrogens (tertiary/aromatic N) is 2. The van der Waals surface area contributed by atoms with Gasteiger partial charge in [0.05, 0.1) is 12.3 Å². The van der Waals surface area contributed by atoms with Gasteiger partial charge in [-0.1, -0.05) is 44.7 Å². The number of nitrogens with one attached hydrogen (secondary N) is 1. The van der Waals surface area contributed by atoms with E-state index >= 15 is 0 Å². The first-order valence-corrected chi connectivity index (χ1v) is 13.4. The van der Waals surface area contributed by atoms with Gasteiger partial charge in [-0.3, -0.25) is 14.5 Å². The Hall–Kier alpha value is -1.93. The lowest BCUT2D eigenvalue weighted by Crippen LogP contribution is -2.71. The molecule has 7 nitrogen and oxygen atoms in total. The lowest BCUT2D eigenvalue weighted by atomic mass is 9.92. The number of aryl methyl sites for hydroxylation is 2. The summed E-state index contributed by atoms with van der Waals surface area (Å²) in [6, 6.07) is 5.86. The van der Waals surface area contributed by atoms with Crippen molar-refractivity contribution in [1.29, 1.82) is 0 Å². The van der Waals surface area contributed by atoms with Crippen molar-refractivity contribution >= 4 is 27.5 Å². The maximum absolute atomic E-state index is 13.7. The molecule has 0 unspecified atom stereocenters. The predicted molar refractivity (Wildman–Crippen MR) is 127 cm³/mol. The molecule has 1 aliphatic carbocycles. The minimum Gasteiger partial charge on any atom is -0.351 e. The van der Waals surface area contributed by atoms with E-state index in [2.05, 4.69) is 5.32 Å². The number of sulfonamides is 1. The summed E-state index contributed by atoms with van der Waals surface area (Å²) in [4.78, 5) is 28.7. The molecule has 0 spiro atoms. The fraction of sp³-hybridized carbons (Fsp3) is 0.667. The molecule has 1 saturated heterocycles. The molecule has 1 atom stereocenters. The van der Waals surface area contributed by atoms with E-state index in [-0.39, 0.29) is 36.7 Å². The number of amides is 2. The van der Waals surface area contributed by atoms with Crippen molar-refractivity contribution < 1.29 is 18.0 Å². The summed E-state index contributed by atoms with van der Waals surface area (Å²) in [7, 11) is -3.63. The maximum Gasteiger partial charge on any atom is 0.247 e. The van der Waals surface area contributed by atoms with Crippen molar-refractivity contribution in [2.24, 2.45) is 0 Å². The van der Waals surface area contributed by atoms with E-state index in [1.165, 1.54) is 17.1 Å². The molecule has 3 rings (SSSR count). The van der Waals surface area contributed by atoms with Gasteiger partial charge in [-0.15, -0.1) is 0 Å². The van der Waals surface area contributed by atoms with E-state index in [9.17, 15) is 18.0 Å². The number of piperazine rings is 1. The van der Waals surface area contributed by atoms with Crippen LogP contribution in [-0.2, 0) is 19.6 Å². The Morgan fingerprint density at radius 3 is 2.44 bits per heavy atom. The lowest BCUT2D eigenvalue weighted by Gasteiger charge is -2.47. The Morgan fingerprint density at radius 1 is 1.16 bits per heavy atom. The molecule has 2 amide bonds. The zero-order valence-electron chi connectivity index (χ0n) is 19.8. The van der Waals surface area contributed by atoms with E-state index in [0.29, 0.717) is 12.1 Å². The minimum atomic E-state index is -3.63. The second-order valence-corrected chi connectivity index (χ2v) is 11.6. The van der Waals surface area contributed by atoms with Crippen LogP contribution in [0, 0.1) is 13.8 Å². The van der Waals surface area contributed by atoms with Crippen LogP contribution >= 0.6 is 0 Å². The molecule has 8 heteroatoms. The summed E-state index contributed by atoms with van der Waals surface area (Å²) in [5.41, 5.74) is 1.19. The largest absolute Gasteiger partial charge is 0.351 e. The maximum atomic E-state index is 13.7. The highest BCUT2D eigenvalue weighted by Crippen LogP contribution is 2.34. The van der Waals surface area contributed by atoms with Crippen LogP contribution in [-0.4, -0.2) is 55.0 Å². The van der Waals surface area contributed by atoms with Crippen molar-refractivity contribution in [3.63, 3.8) is 0 Å². The third-order valence-electron chi connectivity index (χ3n) is 6.68. The second-order valence-electron chi connectivity index (χ2n) is 9.54. The zero-order valence-corrected chi connectivity index (χ0v) is 20.6. The summed E-state index contributed by atoms with van der Waals surface area (Å²) in [6.45, 7) is 7.05. The molecule has 1 aromatic rings. The first kappa shape index (κ1) is 24.7. The van der Waals surface area contributed by atoms with Crippen LogP contribution < -0.4 is 10.2 Å². The highest BCUT2D eigenvalue weighted by atomic mass is 32.2. The topological polar surface area (TPSA) is 86.8 Å². The summed E-state index contributed by atoms with van der Waals surface area (Å²) in [5.74, 6) is -0.692. The standard InChI is InChI=1S/C24H37N3O4S/c1-5-14-32(30,31)26-16-22(28)27(21-15-18(2)12-13-19(21)3)24(4,17-26)23(29)25-20-10-8-6-7-9-11-20/h12-13,15,20H,5-11,14,16-17H2,1-4H3,(H,25,29)/t24-/m1/s1.